The summed E-state index contributed by atoms with van der Waals surface area (Å²) in [5, 5.41) is 14.8. The maximum absolute atomic E-state index is 10.7. The highest BCUT2D eigenvalue weighted by atomic mass is 16.6. The van der Waals surface area contributed by atoms with Gasteiger partial charge in [0.2, 0.25) is 0 Å². The quantitative estimate of drug-likeness (QED) is 0.479. The Bertz CT molecular complexity index is 671. The number of hydrogen-bond acceptors (Lipinski definition) is 5. The van der Waals surface area contributed by atoms with Crippen LogP contribution in [0.3, 0.4) is 0 Å². The molecule has 1 N–H and O–H groups in total. The van der Waals surface area contributed by atoms with Crippen LogP contribution < -0.4 is 10.2 Å². The third-order valence-corrected chi connectivity index (χ3v) is 2.83. The zero-order valence-corrected chi connectivity index (χ0v) is 12.2. The van der Waals surface area contributed by atoms with Gasteiger partial charge >= 0.3 is 0 Å². The summed E-state index contributed by atoms with van der Waals surface area (Å²) in [4.78, 5) is 10.3. The number of benzene rings is 2. The van der Waals surface area contributed by atoms with Crippen molar-refractivity contribution >= 4 is 17.6 Å². The van der Waals surface area contributed by atoms with E-state index >= 15 is 0 Å². The van der Waals surface area contributed by atoms with E-state index in [4.69, 9.17) is 4.74 Å². The van der Waals surface area contributed by atoms with E-state index in [-0.39, 0.29) is 5.69 Å². The predicted molar refractivity (Wildman–Crippen MR) is 86.5 cm³/mol. The minimum Gasteiger partial charge on any atom is -0.493 e. The van der Waals surface area contributed by atoms with Gasteiger partial charge in [0.1, 0.15) is 5.75 Å². The molecule has 6 nitrogen and oxygen atoms in total. The molecule has 6 heteroatoms. The van der Waals surface area contributed by atoms with Gasteiger partial charge in [-0.15, -0.1) is 0 Å². The SMILES string of the molecule is CCCOc1ccccc1C=NNc1cccc([N+](=O)[O-])c1. The highest BCUT2D eigenvalue weighted by Crippen LogP contribution is 2.18. The fourth-order valence-electron chi connectivity index (χ4n) is 1.80. The van der Waals surface area contributed by atoms with Crippen LogP contribution in [0, 0.1) is 10.1 Å². The molecule has 0 unspecified atom stereocenters. The highest BCUT2D eigenvalue weighted by molar-refractivity contribution is 5.84. The molecule has 0 heterocycles. The van der Waals surface area contributed by atoms with Crippen LogP contribution in [0.2, 0.25) is 0 Å². The van der Waals surface area contributed by atoms with Crippen molar-refractivity contribution in [2.75, 3.05) is 12.0 Å². The van der Waals surface area contributed by atoms with E-state index in [1.165, 1.54) is 12.1 Å². The van der Waals surface area contributed by atoms with Crippen molar-refractivity contribution in [3.05, 3.63) is 64.2 Å². The first-order valence-corrected chi connectivity index (χ1v) is 6.96. The van der Waals surface area contributed by atoms with Crippen molar-refractivity contribution in [1.82, 2.24) is 0 Å². The van der Waals surface area contributed by atoms with Crippen LogP contribution in [-0.2, 0) is 0 Å². The predicted octanol–water partition coefficient (Wildman–Crippen LogP) is 3.83. The topological polar surface area (TPSA) is 76.8 Å². The fraction of sp³-hybridized carbons (Fsp3) is 0.188. The van der Waals surface area contributed by atoms with E-state index in [9.17, 15) is 10.1 Å². The smallest absolute Gasteiger partial charge is 0.271 e. The largest absolute Gasteiger partial charge is 0.493 e. The second-order valence-corrected chi connectivity index (χ2v) is 4.56. The van der Waals surface area contributed by atoms with E-state index in [1.807, 2.05) is 31.2 Å². The van der Waals surface area contributed by atoms with Crippen LogP contribution in [0.25, 0.3) is 0 Å². The van der Waals surface area contributed by atoms with E-state index in [0.29, 0.717) is 12.3 Å². The number of ether oxygens (including phenoxy) is 1. The number of non-ortho nitro benzene ring substituents is 1. The summed E-state index contributed by atoms with van der Waals surface area (Å²) in [6, 6.07) is 13.7. The van der Waals surface area contributed by atoms with Gasteiger partial charge in [0, 0.05) is 17.7 Å². The molecule has 2 aromatic carbocycles. The Labute approximate surface area is 128 Å². The van der Waals surface area contributed by atoms with Gasteiger partial charge in [0.15, 0.2) is 0 Å². The number of hydrazone groups is 1. The lowest BCUT2D eigenvalue weighted by Crippen LogP contribution is -1.99. The van der Waals surface area contributed by atoms with Crippen LogP contribution in [0.15, 0.2) is 53.6 Å². The van der Waals surface area contributed by atoms with Crippen LogP contribution in [0.1, 0.15) is 18.9 Å². The van der Waals surface area contributed by atoms with Crippen molar-refractivity contribution in [3.63, 3.8) is 0 Å². The van der Waals surface area contributed by atoms with E-state index in [0.717, 1.165) is 17.7 Å². The van der Waals surface area contributed by atoms with E-state index < -0.39 is 4.92 Å². The van der Waals surface area contributed by atoms with Crippen LogP contribution in [-0.4, -0.2) is 17.7 Å². The van der Waals surface area contributed by atoms with Crippen molar-refractivity contribution in [1.29, 1.82) is 0 Å². The second-order valence-electron chi connectivity index (χ2n) is 4.56. The van der Waals surface area contributed by atoms with Crippen molar-refractivity contribution < 1.29 is 9.66 Å². The molecular weight excluding hydrogens is 282 g/mol. The summed E-state index contributed by atoms with van der Waals surface area (Å²) in [5.41, 5.74) is 4.20. The molecule has 0 spiro atoms. The summed E-state index contributed by atoms with van der Waals surface area (Å²) >= 11 is 0. The number of para-hydroxylation sites is 1. The van der Waals surface area contributed by atoms with Crippen LogP contribution in [0.4, 0.5) is 11.4 Å². The number of nitrogens with one attached hydrogen (secondary N) is 1. The first-order chi connectivity index (χ1) is 10.7. The molecule has 2 rings (SSSR count). The molecule has 0 saturated heterocycles. The summed E-state index contributed by atoms with van der Waals surface area (Å²) in [6.07, 6.45) is 2.56. The van der Waals surface area contributed by atoms with Crippen molar-refractivity contribution in [2.45, 2.75) is 13.3 Å². The Hall–Kier alpha value is -2.89. The molecule has 0 aliphatic carbocycles. The lowest BCUT2D eigenvalue weighted by molar-refractivity contribution is -0.384. The monoisotopic (exact) mass is 299 g/mol. The maximum Gasteiger partial charge on any atom is 0.271 e. The first kappa shape index (κ1) is 15.5. The number of nitro groups is 1. The molecule has 0 fully saturated rings. The Balaban J connectivity index is 2.06. The molecule has 0 radical (unpaired) electrons. The van der Waals surface area contributed by atoms with E-state index in [1.54, 1.807) is 18.3 Å². The maximum atomic E-state index is 10.7. The molecule has 0 amide bonds. The Morgan fingerprint density at radius 2 is 2.09 bits per heavy atom. The lowest BCUT2D eigenvalue weighted by atomic mass is 10.2. The Kier molecular flexibility index (Phi) is 5.48. The van der Waals surface area contributed by atoms with Crippen LogP contribution in [0.5, 0.6) is 5.75 Å². The van der Waals surface area contributed by atoms with Gasteiger partial charge in [0.05, 0.1) is 23.4 Å². The molecule has 0 atom stereocenters. The molecular formula is C16H17N3O3. The normalized spacial score (nSPS) is 10.6. The molecule has 2 aromatic rings. The molecule has 22 heavy (non-hydrogen) atoms. The zero-order valence-electron chi connectivity index (χ0n) is 12.2. The molecule has 114 valence electrons. The fourth-order valence-corrected chi connectivity index (χ4v) is 1.80. The average Bonchev–Trinajstić information content (AvgIpc) is 2.54. The molecule has 0 aromatic heterocycles. The van der Waals surface area contributed by atoms with Crippen molar-refractivity contribution in [2.24, 2.45) is 5.10 Å². The lowest BCUT2D eigenvalue weighted by Gasteiger charge is -2.07. The average molecular weight is 299 g/mol. The van der Waals surface area contributed by atoms with Gasteiger partial charge in [-0.1, -0.05) is 25.1 Å². The summed E-state index contributed by atoms with van der Waals surface area (Å²) in [7, 11) is 0. The molecule has 0 aliphatic heterocycles. The first-order valence-electron chi connectivity index (χ1n) is 6.96. The third kappa shape index (κ3) is 4.31. The standard InChI is InChI=1S/C16H17N3O3/c1-2-10-22-16-9-4-3-6-13(16)12-17-18-14-7-5-8-15(11-14)19(20)21/h3-9,11-12,18H,2,10H2,1H3. The van der Waals surface area contributed by atoms with Gasteiger partial charge in [-0.25, -0.2) is 0 Å². The second kappa shape index (κ2) is 7.78. The highest BCUT2D eigenvalue weighted by Gasteiger charge is 2.04. The van der Waals surface area contributed by atoms with Gasteiger partial charge < -0.3 is 4.74 Å². The van der Waals surface area contributed by atoms with Gasteiger partial charge in [0.25, 0.3) is 5.69 Å². The number of anilines is 1. The van der Waals surface area contributed by atoms with E-state index in [2.05, 4.69) is 10.5 Å². The zero-order chi connectivity index (χ0) is 15.8. The number of nitrogens with zero attached hydrogens (tertiary/aromatic N) is 2. The van der Waals surface area contributed by atoms with Gasteiger partial charge in [-0.3, -0.25) is 15.5 Å². The summed E-state index contributed by atoms with van der Waals surface area (Å²) in [5.74, 6) is 0.758. The third-order valence-electron chi connectivity index (χ3n) is 2.83. The Morgan fingerprint density at radius 1 is 1.27 bits per heavy atom. The van der Waals surface area contributed by atoms with Crippen LogP contribution >= 0.6 is 0 Å². The minimum atomic E-state index is -0.442. The van der Waals surface area contributed by atoms with Gasteiger partial charge in [-0.05, 0) is 24.6 Å². The molecule has 0 aliphatic rings. The number of nitro benzene ring substituents is 1. The molecule has 0 bridgehead atoms. The van der Waals surface area contributed by atoms with Gasteiger partial charge in [-0.2, -0.15) is 5.10 Å². The summed E-state index contributed by atoms with van der Waals surface area (Å²) in [6.45, 7) is 2.68. The number of rotatable bonds is 7. The summed E-state index contributed by atoms with van der Waals surface area (Å²) < 4.78 is 5.63. The van der Waals surface area contributed by atoms with Crippen molar-refractivity contribution in [3.8, 4) is 5.75 Å². The Morgan fingerprint density at radius 3 is 2.86 bits per heavy atom. The number of hydrogen-bond donors (Lipinski definition) is 1. The minimum absolute atomic E-state index is 0.0203. The molecule has 0 saturated carbocycles.